The molecule has 1 aromatic carbocycles. The molecule has 1 N–H and O–H groups in total. The molecule has 0 radical (unpaired) electrons. The Morgan fingerprint density at radius 3 is 2.55 bits per heavy atom. The maximum Gasteiger partial charge on any atom is 0.145 e. The lowest BCUT2D eigenvalue weighted by molar-refractivity contribution is 0.185. The first-order valence-electron chi connectivity index (χ1n) is 7.55. The lowest BCUT2D eigenvalue weighted by Gasteiger charge is -2.35. The molecule has 108 valence electrons. The highest BCUT2D eigenvalue weighted by atomic mass is 15.2. The van der Waals surface area contributed by atoms with Crippen LogP contribution in [-0.2, 0) is 5.54 Å². The Bertz CT molecular complexity index is 461. The zero-order valence-electron chi connectivity index (χ0n) is 12.8. The quantitative estimate of drug-likeness (QED) is 0.829. The second-order valence-electron chi connectivity index (χ2n) is 5.91. The molecule has 2 atom stereocenters. The number of hydrogen-bond acceptors (Lipinski definition) is 3. The average molecular weight is 271 g/mol. The summed E-state index contributed by atoms with van der Waals surface area (Å²) in [4.78, 5) is 2.33. The van der Waals surface area contributed by atoms with Crippen LogP contribution < -0.4 is 5.32 Å². The van der Waals surface area contributed by atoms with E-state index in [1.54, 1.807) is 0 Å². The minimum Gasteiger partial charge on any atom is -0.300 e. The highest BCUT2D eigenvalue weighted by Crippen LogP contribution is 2.35. The van der Waals surface area contributed by atoms with Gasteiger partial charge in [-0.25, -0.2) is 0 Å². The first-order chi connectivity index (χ1) is 9.63. The molecule has 0 amide bonds. The summed E-state index contributed by atoms with van der Waals surface area (Å²) in [5.41, 5.74) is 0.438. The highest BCUT2D eigenvalue weighted by molar-refractivity contribution is 5.32. The van der Waals surface area contributed by atoms with Crippen LogP contribution in [-0.4, -0.2) is 31.1 Å². The van der Waals surface area contributed by atoms with Crippen LogP contribution in [0.2, 0.25) is 0 Å². The van der Waals surface area contributed by atoms with E-state index in [2.05, 4.69) is 37.2 Å². The van der Waals surface area contributed by atoms with Gasteiger partial charge in [0.2, 0.25) is 0 Å². The van der Waals surface area contributed by atoms with E-state index < -0.39 is 5.54 Å². The van der Waals surface area contributed by atoms with Gasteiger partial charge in [0, 0.05) is 12.6 Å². The van der Waals surface area contributed by atoms with Crippen molar-refractivity contribution in [1.82, 2.24) is 10.2 Å². The maximum absolute atomic E-state index is 9.81. The lowest BCUT2D eigenvalue weighted by atomic mass is 9.90. The minimum absolute atomic E-state index is 0.546. The first kappa shape index (κ1) is 15.0. The maximum atomic E-state index is 9.81. The van der Waals surface area contributed by atoms with E-state index in [9.17, 15) is 5.26 Å². The number of nitrogens with zero attached hydrogens (tertiary/aromatic N) is 2. The minimum atomic E-state index is -0.617. The number of likely N-dealkylation sites (N-methyl/N-ethyl adjacent to an activating group) is 2. The Labute approximate surface area is 122 Å². The second kappa shape index (κ2) is 6.39. The van der Waals surface area contributed by atoms with Crippen molar-refractivity contribution in [2.24, 2.45) is 5.92 Å². The molecule has 2 unspecified atom stereocenters. The first-order valence-corrected chi connectivity index (χ1v) is 7.55. The molecule has 1 aliphatic carbocycles. The standard InChI is InChI=1S/C17H25N3/c1-4-19-17(12-18,16-8-6-5-7-9-16)13-20(3)14(2)15-10-11-15/h5-9,14-15,19H,4,10-11,13H2,1-3H3. The summed E-state index contributed by atoms with van der Waals surface area (Å²) in [7, 11) is 2.13. The molecule has 0 spiro atoms. The number of nitrogens with one attached hydrogen (secondary N) is 1. The molecular weight excluding hydrogens is 246 g/mol. The van der Waals surface area contributed by atoms with E-state index >= 15 is 0 Å². The van der Waals surface area contributed by atoms with Crippen molar-refractivity contribution in [3.05, 3.63) is 35.9 Å². The van der Waals surface area contributed by atoms with Crippen molar-refractivity contribution >= 4 is 0 Å². The van der Waals surface area contributed by atoms with Crippen LogP contribution in [0, 0.1) is 17.2 Å². The smallest absolute Gasteiger partial charge is 0.145 e. The molecule has 20 heavy (non-hydrogen) atoms. The fourth-order valence-corrected chi connectivity index (χ4v) is 2.87. The van der Waals surface area contributed by atoms with Gasteiger partial charge >= 0.3 is 0 Å². The van der Waals surface area contributed by atoms with Gasteiger partial charge in [-0.1, -0.05) is 37.3 Å². The summed E-state index contributed by atoms with van der Waals surface area (Å²) in [6.45, 7) is 5.84. The van der Waals surface area contributed by atoms with Crippen molar-refractivity contribution in [3.63, 3.8) is 0 Å². The Hall–Kier alpha value is -1.37. The summed E-state index contributed by atoms with van der Waals surface area (Å²) in [5, 5.41) is 13.2. The van der Waals surface area contributed by atoms with Crippen LogP contribution in [0.3, 0.4) is 0 Å². The molecule has 0 saturated heterocycles. The normalized spacial score (nSPS) is 19.4. The summed E-state index contributed by atoms with van der Waals surface area (Å²) >= 11 is 0. The van der Waals surface area contributed by atoms with Crippen LogP contribution in [0.1, 0.15) is 32.3 Å². The zero-order valence-corrected chi connectivity index (χ0v) is 12.8. The largest absolute Gasteiger partial charge is 0.300 e. The molecule has 1 aromatic rings. The fourth-order valence-electron chi connectivity index (χ4n) is 2.87. The van der Waals surface area contributed by atoms with Crippen molar-refractivity contribution in [3.8, 4) is 6.07 Å². The number of rotatable bonds is 7. The molecule has 2 rings (SSSR count). The summed E-state index contributed by atoms with van der Waals surface area (Å²) < 4.78 is 0. The third-order valence-corrected chi connectivity index (χ3v) is 4.42. The Kier molecular flexibility index (Phi) is 4.80. The monoisotopic (exact) mass is 271 g/mol. The van der Waals surface area contributed by atoms with Crippen LogP contribution in [0.4, 0.5) is 0 Å². The molecule has 0 aliphatic heterocycles. The van der Waals surface area contributed by atoms with Gasteiger partial charge in [-0.05, 0) is 44.8 Å². The third-order valence-electron chi connectivity index (χ3n) is 4.42. The van der Waals surface area contributed by atoms with Gasteiger partial charge in [0.25, 0.3) is 0 Å². The van der Waals surface area contributed by atoms with Crippen molar-refractivity contribution in [1.29, 1.82) is 5.26 Å². The predicted molar refractivity (Wildman–Crippen MR) is 82.2 cm³/mol. The average Bonchev–Trinajstić information content (AvgIpc) is 3.31. The molecule has 3 nitrogen and oxygen atoms in total. The Morgan fingerprint density at radius 2 is 2.05 bits per heavy atom. The number of hydrogen-bond donors (Lipinski definition) is 1. The lowest BCUT2D eigenvalue weighted by Crippen LogP contribution is -2.51. The second-order valence-corrected chi connectivity index (χ2v) is 5.91. The Morgan fingerprint density at radius 1 is 1.40 bits per heavy atom. The van der Waals surface area contributed by atoms with Gasteiger partial charge in [-0.2, -0.15) is 5.26 Å². The zero-order chi connectivity index (χ0) is 14.6. The number of nitriles is 1. The SMILES string of the molecule is CCNC(C#N)(CN(C)C(C)C1CC1)c1ccccc1. The van der Waals surface area contributed by atoms with Gasteiger partial charge in [0.1, 0.15) is 5.54 Å². The van der Waals surface area contributed by atoms with Crippen LogP contribution in [0.15, 0.2) is 30.3 Å². The van der Waals surface area contributed by atoms with E-state index in [0.717, 1.165) is 24.6 Å². The van der Waals surface area contributed by atoms with Crippen molar-refractivity contribution in [2.75, 3.05) is 20.1 Å². The predicted octanol–water partition coefficient (Wildman–Crippen LogP) is 2.75. The van der Waals surface area contributed by atoms with Gasteiger partial charge in [0.05, 0.1) is 6.07 Å². The van der Waals surface area contributed by atoms with Crippen molar-refractivity contribution in [2.45, 2.75) is 38.3 Å². The topological polar surface area (TPSA) is 39.1 Å². The van der Waals surface area contributed by atoms with E-state index in [1.807, 2.05) is 30.3 Å². The van der Waals surface area contributed by atoms with Crippen molar-refractivity contribution < 1.29 is 0 Å². The van der Waals surface area contributed by atoms with E-state index in [1.165, 1.54) is 12.8 Å². The number of benzene rings is 1. The van der Waals surface area contributed by atoms with Crippen LogP contribution >= 0.6 is 0 Å². The molecule has 0 bridgehead atoms. The summed E-state index contributed by atoms with van der Waals surface area (Å²) in [5.74, 6) is 0.814. The van der Waals surface area contributed by atoms with Crippen LogP contribution in [0.5, 0.6) is 0 Å². The third kappa shape index (κ3) is 3.20. The van der Waals surface area contributed by atoms with E-state index in [0.29, 0.717) is 6.04 Å². The van der Waals surface area contributed by atoms with Gasteiger partial charge < -0.3 is 4.90 Å². The van der Waals surface area contributed by atoms with Gasteiger partial charge in [-0.15, -0.1) is 0 Å². The summed E-state index contributed by atoms with van der Waals surface area (Å²) in [6, 6.07) is 13.2. The van der Waals surface area contributed by atoms with E-state index in [-0.39, 0.29) is 0 Å². The molecule has 1 fully saturated rings. The fraction of sp³-hybridized carbons (Fsp3) is 0.588. The molecule has 1 aliphatic rings. The van der Waals surface area contributed by atoms with Gasteiger partial charge in [-0.3, -0.25) is 5.32 Å². The molecule has 0 aromatic heterocycles. The van der Waals surface area contributed by atoms with E-state index in [4.69, 9.17) is 0 Å². The molecule has 1 saturated carbocycles. The van der Waals surface area contributed by atoms with Gasteiger partial charge in [0.15, 0.2) is 0 Å². The molecule has 0 heterocycles. The summed E-state index contributed by atoms with van der Waals surface area (Å²) in [6.07, 6.45) is 2.66. The highest BCUT2D eigenvalue weighted by Gasteiger charge is 2.37. The van der Waals surface area contributed by atoms with Crippen LogP contribution in [0.25, 0.3) is 0 Å². The molecule has 3 heteroatoms. The molecular formula is C17H25N3. The Balaban J connectivity index is 2.20.